The zero-order valence-corrected chi connectivity index (χ0v) is 15.1. The first-order valence-electron chi connectivity index (χ1n) is 8.98. The number of sulfone groups is 1. The summed E-state index contributed by atoms with van der Waals surface area (Å²) < 4.78 is 36.7. The Labute approximate surface area is 148 Å². The lowest BCUT2D eigenvalue weighted by Gasteiger charge is -2.33. The second-order valence-corrected chi connectivity index (χ2v) is 9.29. The Balaban J connectivity index is 1.71. The number of halogens is 1. The van der Waals surface area contributed by atoms with E-state index in [9.17, 15) is 17.6 Å². The van der Waals surface area contributed by atoms with Crippen LogP contribution in [0.1, 0.15) is 50.1 Å². The summed E-state index contributed by atoms with van der Waals surface area (Å²) in [5.74, 6) is -0.0316. The van der Waals surface area contributed by atoms with Crippen LogP contribution in [-0.4, -0.2) is 43.4 Å². The first-order chi connectivity index (χ1) is 11.9. The molecule has 5 nitrogen and oxygen atoms in total. The van der Waals surface area contributed by atoms with Crippen LogP contribution in [0.2, 0.25) is 0 Å². The van der Waals surface area contributed by atoms with E-state index >= 15 is 0 Å². The highest BCUT2D eigenvalue weighted by Crippen LogP contribution is 2.30. The Kier molecular flexibility index (Phi) is 5.61. The smallest absolute Gasteiger partial charge is 0.318 e. The van der Waals surface area contributed by atoms with Crippen LogP contribution in [0, 0.1) is 5.82 Å². The number of hydrogen-bond acceptors (Lipinski definition) is 3. The number of rotatable bonds is 2. The van der Waals surface area contributed by atoms with Crippen LogP contribution in [0.25, 0.3) is 0 Å². The minimum Gasteiger partial charge on any atom is -0.335 e. The van der Waals surface area contributed by atoms with Crippen LogP contribution in [0.3, 0.4) is 0 Å². The number of carbonyl (C=O) groups excluding carboxylic acids is 1. The molecule has 25 heavy (non-hydrogen) atoms. The van der Waals surface area contributed by atoms with E-state index in [1.54, 1.807) is 11.0 Å². The van der Waals surface area contributed by atoms with Crippen LogP contribution < -0.4 is 5.32 Å². The van der Waals surface area contributed by atoms with Gasteiger partial charge in [-0.2, -0.15) is 0 Å². The maximum atomic E-state index is 13.6. The minimum absolute atomic E-state index is 0.104. The molecule has 2 aliphatic rings. The van der Waals surface area contributed by atoms with Gasteiger partial charge in [-0.05, 0) is 43.4 Å². The SMILES string of the molecule is O=C(NC1CCS(=O)(=O)CC1)N1CCCCC[C@@H]1c1cccc(F)c1. The van der Waals surface area contributed by atoms with E-state index in [4.69, 9.17) is 0 Å². The second-order valence-electron chi connectivity index (χ2n) is 6.99. The number of carbonyl (C=O) groups is 1. The molecule has 2 saturated heterocycles. The van der Waals surface area contributed by atoms with Gasteiger partial charge < -0.3 is 10.2 Å². The Hall–Kier alpha value is -1.63. The largest absolute Gasteiger partial charge is 0.335 e. The van der Waals surface area contributed by atoms with Crippen LogP contribution in [-0.2, 0) is 9.84 Å². The first-order valence-corrected chi connectivity index (χ1v) is 10.8. The number of nitrogens with zero attached hydrogens (tertiary/aromatic N) is 1. The molecule has 7 heteroatoms. The molecule has 0 aliphatic carbocycles. The Morgan fingerprint density at radius 1 is 1.12 bits per heavy atom. The van der Waals surface area contributed by atoms with E-state index in [1.807, 2.05) is 6.07 Å². The van der Waals surface area contributed by atoms with Crippen molar-refractivity contribution in [3.63, 3.8) is 0 Å². The zero-order valence-electron chi connectivity index (χ0n) is 14.3. The summed E-state index contributed by atoms with van der Waals surface area (Å²) in [7, 11) is -2.95. The molecule has 2 heterocycles. The summed E-state index contributed by atoms with van der Waals surface area (Å²) in [6, 6.07) is 6.05. The lowest BCUT2D eigenvalue weighted by molar-refractivity contribution is 0.171. The van der Waals surface area contributed by atoms with Crippen molar-refractivity contribution in [2.24, 2.45) is 0 Å². The number of urea groups is 1. The standard InChI is InChI=1S/C18H25FN2O3S/c19-15-6-4-5-14(13-15)17-7-2-1-3-10-21(17)18(22)20-16-8-11-25(23,24)12-9-16/h4-6,13,16-17H,1-3,7-12H2,(H,20,22)/t17-/m1/s1. The van der Waals surface area contributed by atoms with Gasteiger partial charge in [-0.15, -0.1) is 0 Å². The number of amides is 2. The normalized spacial score (nSPS) is 24.5. The van der Waals surface area contributed by atoms with Gasteiger partial charge in [0.2, 0.25) is 0 Å². The van der Waals surface area contributed by atoms with Crippen molar-refractivity contribution < 1.29 is 17.6 Å². The average Bonchev–Trinajstić information content (AvgIpc) is 2.83. The Morgan fingerprint density at radius 2 is 1.88 bits per heavy atom. The van der Waals surface area contributed by atoms with E-state index in [1.165, 1.54) is 12.1 Å². The van der Waals surface area contributed by atoms with Crippen molar-refractivity contribution in [1.82, 2.24) is 10.2 Å². The topological polar surface area (TPSA) is 66.5 Å². The monoisotopic (exact) mass is 368 g/mol. The van der Waals surface area contributed by atoms with E-state index in [0.29, 0.717) is 19.4 Å². The van der Waals surface area contributed by atoms with Crippen molar-refractivity contribution in [2.75, 3.05) is 18.1 Å². The quantitative estimate of drug-likeness (QED) is 0.873. The third kappa shape index (κ3) is 4.71. The molecule has 3 rings (SSSR count). The van der Waals surface area contributed by atoms with Crippen molar-refractivity contribution in [3.8, 4) is 0 Å². The fourth-order valence-corrected chi connectivity index (χ4v) is 5.20. The average molecular weight is 368 g/mol. The van der Waals surface area contributed by atoms with Gasteiger partial charge in [0.05, 0.1) is 17.5 Å². The number of nitrogens with one attached hydrogen (secondary N) is 1. The molecule has 0 spiro atoms. The van der Waals surface area contributed by atoms with Gasteiger partial charge in [0.15, 0.2) is 0 Å². The fraction of sp³-hybridized carbons (Fsp3) is 0.611. The van der Waals surface area contributed by atoms with Crippen molar-refractivity contribution in [2.45, 2.75) is 50.6 Å². The van der Waals surface area contributed by atoms with Gasteiger partial charge in [-0.1, -0.05) is 25.0 Å². The van der Waals surface area contributed by atoms with Gasteiger partial charge in [0.25, 0.3) is 0 Å². The van der Waals surface area contributed by atoms with E-state index in [-0.39, 0.29) is 35.4 Å². The van der Waals surface area contributed by atoms with Crippen LogP contribution in [0.4, 0.5) is 9.18 Å². The molecule has 0 radical (unpaired) electrons. The van der Waals surface area contributed by atoms with Crippen LogP contribution >= 0.6 is 0 Å². The van der Waals surface area contributed by atoms with Crippen LogP contribution in [0.15, 0.2) is 24.3 Å². The molecule has 2 fully saturated rings. The van der Waals surface area contributed by atoms with E-state index < -0.39 is 9.84 Å². The number of benzene rings is 1. The number of hydrogen-bond donors (Lipinski definition) is 1. The summed E-state index contributed by atoms with van der Waals surface area (Å²) in [6.45, 7) is 0.637. The fourth-order valence-electron chi connectivity index (χ4n) is 3.70. The van der Waals surface area contributed by atoms with Crippen molar-refractivity contribution in [3.05, 3.63) is 35.6 Å². The van der Waals surface area contributed by atoms with Gasteiger partial charge in [-0.25, -0.2) is 17.6 Å². The molecule has 0 aromatic heterocycles. The van der Waals surface area contributed by atoms with Gasteiger partial charge >= 0.3 is 6.03 Å². The summed E-state index contributed by atoms with van der Waals surface area (Å²) in [6.07, 6.45) is 4.73. The highest BCUT2D eigenvalue weighted by atomic mass is 32.2. The highest BCUT2D eigenvalue weighted by molar-refractivity contribution is 7.91. The second kappa shape index (κ2) is 7.72. The molecule has 1 aromatic rings. The Bertz CT molecular complexity index is 709. The maximum absolute atomic E-state index is 13.6. The summed E-state index contributed by atoms with van der Waals surface area (Å²) in [5.41, 5.74) is 0.822. The Morgan fingerprint density at radius 3 is 2.60 bits per heavy atom. The molecule has 1 atom stereocenters. The molecule has 138 valence electrons. The molecule has 2 amide bonds. The molecule has 1 aromatic carbocycles. The zero-order chi connectivity index (χ0) is 17.9. The van der Waals surface area contributed by atoms with Gasteiger partial charge in [0.1, 0.15) is 15.7 Å². The molecular weight excluding hydrogens is 343 g/mol. The minimum atomic E-state index is -2.95. The highest BCUT2D eigenvalue weighted by Gasteiger charge is 2.30. The molecular formula is C18H25FN2O3S. The molecule has 1 N–H and O–H groups in total. The third-order valence-corrected chi connectivity index (χ3v) is 6.84. The van der Waals surface area contributed by atoms with Crippen molar-refractivity contribution >= 4 is 15.9 Å². The third-order valence-electron chi connectivity index (χ3n) is 5.13. The molecule has 2 aliphatic heterocycles. The van der Waals surface area contributed by atoms with Crippen molar-refractivity contribution in [1.29, 1.82) is 0 Å². The summed E-state index contributed by atoms with van der Waals surface area (Å²) >= 11 is 0. The molecule has 0 unspecified atom stereocenters. The van der Waals surface area contributed by atoms with Crippen LogP contribution in [0.5, 0.6) is 0 Å². The predicted octanol–water partition coefficient (Wildman–Crippen LogP) is 3.03. The predicted molar refractivity (Wildman–Crippen MR) is 94.5 cm³/mol. The van der Waals surface area contributed by atoms with Gasteiger partial charge in [-0.3, -0.25) is 0 Å². The summed E-state index contributed by atoms with van der Waals surface area (Å²) in [5, 5.41) is 3.00. The number of likely N-dealkylation sites (tertiary alicyclic amines) is 1. The lowest BCUT2D eigenvalue weighted by atomic mass is 10.0. The van der Waals surface area contributed by atoms with E-state index in [0.717, 1.165) is 31.2 Å². The molecule has 0 bridgehead atoms. The van der Waals surface area contributed by atoms with E-state index in [2.05, 4.69) is 5.32 Å². The lowest BCUT2D eigenvalue weighted by Crippen LogP contribution is -2.48. The first kappa shape index (κ1) is 18.2. The molecule has 0 saturated carbocycles. The van der Waals surface area contributed by atoms with Gasteiger partial charge in [0, 0.05) is 12.6 Å². The summed E-state index contributed by atoms with van der Waals surface area (Å²) in [4.78, 5) is 14.6. The maximum Gasteiger partial charge on any atom is 0.318 e.